The summed E-state index contributed by atoms with van der Waals surface area (Å²) in [5, 5.41) is 10.9. The molecule has 0 saturated heterocycles. The highest BCUT2D eigenvalue weighted by Gasteiger charge is 2.15. The van der Waals surface area contributed by atoms with Gasteiger partial charge in [-0.1, -0.05) is 30.0 Å². The van der Waals surface area contributed by atoms with E-state index in [1.54, 1.807) is 13.0 Å². The molecule has 1 heterocycles. The summed E-state index contributed by atoms with van der Waals surface area (Å²) in [6.45, 7) is 8.30. The Morgan fingerprint density at radius 1 is 1.37 bits per heavy atom. The first-order valence-corrected chi connectivity index (χ1v) is 9.33. The zero-order valence-corrected chi connectivity index (χ0v) is 16.1. The van der Waals surface area contributed by atoms with Crippen LogP contribution in [0, 0.1) is 6.92 Å². The van der Waals surface area contributed by atoms with Gasteiger partial charge in [0, 0.05) is 6.54 Å². The number of imide groups is 1. The molecule has 1 aromatic heterocycles. The monoisotopic (exact) mass is 390 g/mol. The Morgan fingerprint density at radius 3 is 2.89 bits per heavy atom. The molecule has 0 fully saturated rings. The van der Waals surface area contributed by atoms with Crippen molar-refractivity contribution < 1.29 is 19.1 Å². The molecule has 1 aromatic carbocycles. The topological polar surface area (TPSA) is 95.3 Å². The number of hydrogen-bond donors (Lipinski definition) is 1. The van der Waals surface area contributed by atoms with Crippen LogP contribution in [-0.2, 0) is 22.7 Å². The summed E-state index contributed by atoms with van der Waals surface area (Å²) in [5.74, 6) is 0.896. The van der Waals surface area contributed by atoms with Gasteiger partial charge < -0.3 is 9.47 Å². The smallest absolute Gasteiger partial charge is 0.413 e. The second-order valence-electron chi connectivity index (χ2n) is 5.46. The summed E-state index contributed by atoms with van der Waals surface area (Å²) in [6.07, 6.45) is 0.949. The van der Waals surface area contributed by atoms with E-state index in [-0.39, 0.29) is 19.0 Å². The van der Waals surface area contributed by atoms with E-state index < -0.39 is 12.0 Å². The first-order valence-electron chi connectivity index (χ1n) is 8.35. The summed E-state index contributed by atoms with van der Waals surface area (Å²) < 4.78 is 12.3. The fourth-order valence-electron chi connectivity index (χ4n) is 2.15. The van der Waals surface area contributed by atoms with Crippen molar-refractivity contribution in [1.29, 1.82) is 0 Å². The number of allylic oxidation sites excluding steroid dienone is 1. The number of hydrogen-bond acceptors (Lipinski definition) is 7. The van der Waals surface area contributed by atoms with E-state index in [4.69, 9.17) is 4.74 Å². The third-order valence-corrected chi connectivity index (χ3v) is 4.28. The van der Waals surface area contributed by atoms with Crippen LogP contribution in [0.25, 0.3) is 0 Å². The molecule has 0 aliphatic rings. The number of aromatic nitrogens is 3. The summed E-state index contributed by atoms with van der Waals surface area (Å²) in [7, 11) is 0. The number of thioether (sulfide) groups is 1. The van der Waals surface area contributed by atoms with E-state index >= 15 is 0 Å². The van der Waals surface area contributed by atoms with Gasteiger partial charge in [-0.05, 0) is 31.5 Å². The Balaban J connectivity index is 1.98. The summed E-state index contributed by atoms with van der Waals surface area (Å²) in [5.41, 5.74) is 1.10. The number of carbonyl (C=O) groups excluding carboxylic acids is 2. The molecule has 0 aliphatic carbocycles. The minimum absolute atomic E-state index is 0.00677. The fourth-order valence-corrected chi connectivity index (χ4v) is 2.91. The highest BCUT2D eigenvalue weighted by molar-refractivity contribution is 7.99. The lowest BCUT2D eigenvalue weighted by molar-refractivity contribution is -0.117. The molecule has 2 aromatic rings. The van der Waals surface area contributed by atoms with E-state index in [2.05, 4.69) is 26.8 Å². The average molecular weight is 390 g/mol. The van der Waals surface area contributed by atoms with Crippen LogP contribution >= 0.6 is 11.8 Å². The van der Waals surface area contributed by atoms with E-state index in [1.807, 2.05) is 35.8 Å². The standard InChI is InChI=1S/C18H22N4O4S/c1-4-9-22-15(11-26-14-8-6-7-13(3)10-14)20-21-17(22)27-12-16(23)19-18(24)25-5-2/h4,6-8,10H,1,5,9,11-12H2,2-3H3,(H,19,23,24). The van der Waals surface area contributed by atoms with Crippen molar-refractivity contribution in [2.75, 3.05) is 12.4 Å². The van der Waals surface area contributed by atoms with Crippen molar-refractivity contribution in [2.45, 2.75) is 32.2 Å². The fraction of sp³-hybridized carbons (Fsp3) is 0.333. The third kappa shape index (κ3) is 6.45. The number of benzene rings is 1. The second kappa shape index (κ2) is 10.4. The van der Waals surface area contributed by atoms with Gasteiger partial charge in [0.15, 0.2) is 11.0 Å². The Bertz CT molecular complexity index is 806. The Labute approximate surface area is 161 Å². The highest BCUT2D eigenvalue weighted by Crippen LogP contribution is 2.19. The quantitative estimate of drug-likeness (QED) is 0.519. The average Bonchev–Trinajstić information content (AvgIpc) is 3.01. The Morgan fingerprint density at radius 2 is 2.19 bits per heavy atom. The van der Waals surface area contributed by atoms with Gasteiger partial charge in [-0.25, -0.2) is 4.79 Å². The zero-order valence-electron chi connectivity index (χ0n) is 15.3. The molecule has 8 nitrogen and oxygen atoms in total. The molecule has 2 amide bonds. The van der Waals surface area contributed by atoms with Gasteiger partial charge in [0.1, 0.15) is 12.4 Å². The lowest BCUT2D eigenvalue weighted by atomic mass is 10.2. The molecular formula is C18H22N4O4S. The van der Waals surface area contributed by atoms with Crippen molar-refractivity contribution in [2.24, 2.45) is 0 Å². The minimum atomic E-state index is -0.761. The first kappa shape index (κ1) is 20.5. The van der Waals surface area contributed by atoms with Crippen LogP contribution in [0.3, 0.4) is 0 Å². The first-order chi connectivity index (χ1) is 13.0. The number of carbonyl (C=O) groups is 2. The van der Waals surface area contributed by atoms with Crippen LogP contribution in [0.2, 0.25) is 0 Å². The van der Waals surface area contributed by atoms with E-state index in [9.17, 15) is 9.59 Å². The maximum atomic E-state index is 11.8. The van der Waals surface area contributed by atoms with Crippen LogP contribution in [0.1, 0.15) is 18.3 Å². The molecule has 144 valence electrons. The molecule has 0 atom stereocenters. The Kier molecular flexibility index (Phi) is 7.87. The predicted molar refractivity (Wildman–Crippen MR) is 102 cm³/mol. The van der Waals surface area contributed by atoms with Crippen LogP contribution in [-0.4, -0.2) is 39.1 Å². The number of aryl methyl sites for hydroxylation is 1. The highest BCUT2D eigenvalue weighted by atomic mass is 32.2. The van der Waals surface area contributed by atoms with Crippen LogP contribution in [0.4, 0.5) is 4.79 Å². The van der Waals surface area contributed by atoms with Gasteiger partial charge in [0.05, 0.1) is 12.4 Å². The van der Waals surface area contributed by atoms with Crippen LogP contribution in [0.15, 0.2) is 42.1 Å². The molecular weight excluding hydrogens is 368 g/mol. The van der Waals surface area contributed by atoms with Crippen LogP contribution in [0.5, 0.6) is 5.75 Å². The number of nitrogens with zero attached hydrogens (tertiary/aromatic N) is 3. The third-order valence-electron chi connectivity index (χ3n) is 3.31. The van der Waals surface area contributed by atoms with E-state index in [0.29, 0.717) is 17.5 Å². The normalized spacial score (nSPS) is 10.3. The molecule has 0 spiro atoms. The summed E-state index contributed by atoms with van der Waals surface area (Å²) in [6, 6.07) is 7.71. The molecule has 0 unspecified atom stereocenters. The number of rotatable bonds is 9. The largest absolute Gasteiger partial charge is 0.486 e. The maximum absolute atomic E-state index is 11.8. The number of ether oxygens (including phenoxy) is 2. The van der Waals surface area contributed by atoms with Crippen molar-refractivity contribution in [3.05, 3.63) is 48.3 Å². The van der Waals surface area contributed by atoms with Crippen molar-refractivity contribution in [1.82, 2.24) is 20.1 Å². The molecule has 9 heteroatoms. The molecule has 27 heavy (non-hydrogen) atoms. The SMILES string of the molecule is C=CCn1c(COc2cccc(C)c2)nnc1SCC(=O)NC(=O)OCC. The van der Waals surface area contributed by atoms with E-state index in [1.165, 1.54) is 11.8 Å². The van der Waals surface area contributed by atoms with Crippen molar-refractivity contribution in [3.63, 3.8) is 0 Å². The number of alkyl carbamates (subject to hydrolysis) is 1. The van der Waals surface area contributed by atoms with E-state index in [0.717, 1.165) is 11.3 Å². The lowest BCUT2D eigenvalue weighted by Crippen LogP contribution is -2.32. The number of amides is 2. The second-order valence-corrected chi connectivity index (χ2v) is 6.40. The molecule has 0 bridgehead atoms. The van der Waals surface area contributed by atoms with Gasteiger partial charge in [-0.15, -0.1) is 16.8 Å². The van der Waals surface area contributed by atoms with Crippen molar-refractivity contribution >= 4 is 23.8 Å². The summed E-state index contributed by atoms with van der Waals surface area (Å²) >= 11 is 1.17. The zero-order chi connectivity index (χ0) is 19.6. The molecule has 2 rings (SSSR count). The maximum Gasteiger partial charge on any atom is 0.413 e. The molecule has 0 saturated carbocycles. The Hall–Kier alpha value is -2.81. The predicted octanol–water partition coefficient (Wildman–Crippen LogP) is 2.72. The minimum Gasteiger partial charge on any atom is -0.486 e. The van der Waals surface area contributed by atoms with Gasteiger partial charge in [-0.2, -0.15) is 0 Å². The van der Waals surface area contributed by atoms with Crippen LogP contribution < -0.4 is 10.1 Å². The van der Waals surface area contributed by atoms with Gasteiger partial charge in [-0.3, -0.25) is 14.7 Å². The molecule has 0 radical (unpaired) electrons. The number of nitrogens with one attached hydrogen (secondary N) is 1. The van der Waals surface area contributed by atoms with Gasteiger partial charge >= 0.3 is 6.09 Å². The van der Waals surface area contributed by atoms with Gasteiger partial charge in [0.2, 0.25) is 5.91 Å². The van der Waals surface area contributed by atoms with Gasteiger partial charge in [0.25, 0.3) is 0 Å². The molecule has 0 aliphatic heterocycles. The summed E-state index contributed by atoms with van der Waals surface area (Å²) in [4.78, 5) is 23.0. The lowest BCUT2D eigenvalue weighted by Gasteiger charge is -2.09. The molecule has 1 N–H and O–H groups in total. The van der Waals surface area contributed by atoms with Crippen molar-refractivity contribution in [3.8, 4) is 5.75 Å².